The maximum Gasteiger partial charge on any atom is 0.324 e. The van der Waals surface area contributed by atoms with E-state index in [-0.39, 0.29) is 23.3 Å². The number of hydrogen-bond donors (Lipinski definition) is 1. The lowest BCUT2D eigenvalue weighted by molar-refractivity contribution is -0.129. The minimum Gasteiger partial charge on any atom is -0.497 e. The number of nitrogens with one attached hydrogen (secondary N) is 1. The molecular weight excluding hydrogens is 320 g/mol. The second-order valence-corrected chi connectivity index (χ2v) is 7.22. The molecule has 25 heavy (non-hydrogen) atoms. The zero-order valence-electron chi connectivity index (χ0n) is 15.1. The predicted molar refractivity (Wildman–Crippen MR) is 93.6 cm³/mol. The first-order valence-electron chi connectivity index (χ1n) is 8.81. The standard InChI is InChI=1S/C19H26N2O4/c1-13(2)16-17(22)21(18(23)20-16)12-19(8-10-25-11-9-19)14-4-6-15(24-3)7-5-14/h4-7,13,16H,8-12H2,1-3H3,(H,20,23)/t16-/m1/s1. The predicted octanol–water partition coefficient (Wildman–Crippen LogP) is 2.32. The van der Waals surface area contributed by atoms with Crippen molar-refractivity contribution in [2.45, 2.75) is 38.1 Å². The molecule has 0 spiro atoms. The SMILES string of the molecule is COc1ccc(C2(CN3C(=O)N[C@H](C(C)C)C3=O)CCOCC2)cc1. The van der Waals surface area contributed by atoms with Crippen molar-refractivity contribution < 1.29 is 19.1 Å². The van der Waals surface area contributed by atoms with Gasteiger partial charge in [0.1, 0.15) is 11.8 Å². The summed E-state index contributed by atoms with van der Waals surface area (Å²) >= 11 is 0. The van der Waals surface area contributed by atoms with E-state index in [1.165, 1.54) is 4.90 Å². The minimum atomic E-state index is -0.430. The van der Waals surface area contributed by atoms with E-state index in [0.717, 1.165) is 24.2 Å². The van der Waals surface area contributed by atoms with Gasteiger partial charge in [-0.25, -0.2) is 4.79 Å². The monoisotopic (exact) mass is 346 g/mol. The molecule has 6 heteroatoms. The van der Waals surface area contributed by atoms with E-state index in [9.17, 15) is 9.59 Å². The summed E-state index contributed by atoms with van der Waals surface area (Å²) < 4.78 is 10.8. The summed E-state index contributed by atoms with van der Waals surface area (Å²) in [6.07, 6.45) is 1.56. The number of imide groups is 1. The lowest BCUT2D eigenvalue weighted by atomic mass is 9.73. The van der Waals surface area contributed by atoms with Crippen molar-refractivity contribution in [1.82, 2.24) is 10.2 Å². The van der Waals surface area contributed by atoms with Crippen LogP contribution in [0.5, 0.6) is 5.75 Å². The summed E-state index contributed by atoms with van der Waals surface area (Å²) in [5, 5.41) is 2.82. The van der Waals surface area contributed by atoms with E-state index in [0.29, 0.717) is 19.8 Å². The van der Waals surface area contributed by atoms with E-state index >= 15 is 0 Å². The first kappa shape index (κ1) is 17.7. The van der Waals surface area contributed by atoms with Crippen molar-refractivity contribution in [3.8, 4) is 5.75 Å². The van der Waals surface area contributed by atoms with Crippen LogP contribution in [0.4, 0.5) is 4.79 Å². The van der Waals surface area contributed by atoms with Crippen LogP contribution in [0.25, 0.3) is 0 Å². The molecule has 1 aromatic rings. The van der Waals surface area contributed by atoms with Crippen LogP contribution in [0, 0.1) is 5.92 Å². The fourth-order valence-corrected chi connectivity index (χ4v) is 3.69. The average Bonchev–Trinajstić information content (AvgIpc) is 2.91. The lowest BCUT2D eigenvalue weighted by Crippen LogP contribution is -2.47. The molecule has 2 saturated heterocycles. The van der Waals surface area contributed by atoms with Gasteiger partial charge < -0.3 is 14.8 Å². The summed E-state index contributed by atoms with van der Waals surface area (Å²) in [7, 11) is 1.64. The number of carbonyl (C=O) groups excluding carboxylic acids is 2. The van der Waals surface area contributed by atoms with Crippen LogP contribution in [0.2, 0.25) is 0 Å². The zero-order valence-corrected chi connectivity index (χ0v) is 15.1. The Balaban J connectivity index is 1.88. The van der Waals surface area contributed by atoms with Crippen LogP contribution in [0.3, 0.4) is 0 Å². The Kier molecular flexibility index (Phi) is 4.99. The van der Waals surface area contributed by atoms with Gasteiger partial charge in [0.2, 0.25) is 0 Å². The fourth-order valence-electron chi connectivity index (χ4n) is 3.69. The molecule has 2 heterocycles. The molecule has 0 bridgehead atoms. The van der Waals surface area contributed by atoms with Gasteiger partial charge in [-0.2, -0.15) is 0 Å². The van der Waals surface area contributed by atoms with Gasteiger partial charge in [-0.1, -0.05) is 26.0 Å². The number of methoxy groups -OCH3 is 1. The highest BCUT2D eigenvalue weighted by Crippen LogP contribution is 2.37. The zero-order chi connectivity index (χ0) is 18.0. The average molecular weight is 346 g/mol. The second kappa shape index (κ2) is 7.04. The Bertz CT molecular complexity index is 635. The lowest BCUT2D eigenvalue weighted by Gasteiger charge is -2.39. The largest absolute Gasteiger partial charge is 0.497 e. The Morgan fingerprint density at radius 1 is 1.24 bits per heavy atom. The molecule has 2 aliphatic rings. The topological polar surface area (TPSA) is 67.9 Å². The number of carbonyl (C=O) groups is 2. The molecule has 0 unspecified atom stereocenters. The highest BCUT2D eigenvalue weighted by molar-refractivity contribution is 6.04. The van der Waals surface area contributed by atoms with Gasteiger partial charge in [-0.15, -0.1) is 0 Å². The summed E-state index contributed by atoms with van der Waals surface area (Å²) in [5.74, 6) is 0.744. The molecule has 0 aliphatic carbocycles. The molecule has 1 aromatic carbocycles. The maximum absolute atomic E-state index is 12.7. The van der Waals surface area contributed by atoms with Gasteiger partial charge in [-0.05, 0) is 36.5 Å². The summed E-state index contributed by atoms with van der Waals surface area (Å²) in [4.78, 5) is 26.5. The summed E-state index contributed by atoms with van der Waals surface area (Å²) in [6.45, 7) is 5.53. The molecule has 2 aliphatic heterocycles. The molecule has 0 radical (unpaired) electrons. The van der Waals surface area contributed by atoms with Gasteiger partial charge >= 0.3 is 6.03 Å². The van der Waals surface area contributed by atoms with Crippen molar-refractivity contribution >= 4 is 11.9 Å². The Labute approximate surface area is 148 Å². The third kappa shape index (κ3) is 3.35. The van der Waals surface area contributed by atoms with Gasteiger partial charge in [0.25, 0.3) is 5.91 Å². The van der Waals surface area contributed by atoms with Crippen LogP contribution >= 0.6 is 0 Å². The number of amides is 3. The van der Waals surface area contributed by atoms with E-state index in [2.05, 4.69) is 5.32 Å². The van der Waals surface area contributed by atoms with Crippen LogP contribution in [0.1, 0.15) is 32.3 Å². The highest BCUT2D eigenvalue weighted by atomic mass is 16.5. The van der Waals surface area contributed by atoms with E-state index in [1.807, 2.05) is 38.1 Å². The number of urea groups is 1. The Hall–Kier alpha value is -2.08. The van der Waals surface area contributed by atoms with Crippen molar-refractivity contribution in [2.24, 2.45) is 5.92 Å². The van der Waals surface area contributed by atoms with E-state index in [4.69, 9.17) is 9.47 Å². The maximum atomic E-state index is 12.7. The smallest absolute Gasteiger partial charge is 0.324 e. The third-order valence-electron chi connectivity index (χ3n) is 5.34. The van der Waals surface area contributed by atoms with Crippen molar-refractivity contribution in [3.63, 3.8) is 0 Å². The molecule has 0 saturated carbocycles. The highest BCUT2D eigenvalue weighted by Gasteiger charge is 2.45. The normalized spacial score (nSPS) is 23.0. The molecule has 1 atom stereocenters. The fraction of sp³-hybridized carbons (Fsp3) is 0.579. The van der Waals surface area contributed by atoms with Gasteiger partial charge in [0, 0.05) is 25.2 Å². The first-order valence-corrected chi connectivity index (χ1v) is 8.81. The van der Waals surface area contributed by atoms with Crippen LogP contribution in [-0.2, 0) is 14.9 Å². The van der Waals surface area contributed by atoms with Crippen molar-refractivity contribution in [3.05, 3.63) is 29.8 Å². The Morgan fingerprint density at radius 2 is 1.88 bits per heavy atom. The van der Waals surface area contributed by atoms with Crippen molar-refractivity contribution in [1.29, 1.82) is 0 Å². The van der Waals surface area contributed by atoms with E-state index in [1.54, 1.807) is 7.11 Å². The molecule has 3 amide bonds. The number of rotatable bonds is 5. The van der Waals surface area contributed by atoms with Crippen LogP contribution in [-0.4, -0.2) is 49.7 Å². The summed E-state index contributed by atoms with van der Waals surface area (Å²) in [5.41, 5.74) is 0.842. The van der Waals surface area contributed by atoms with Gasteiger partial charge in [-0.3, -0.25) is 9.69 Å². The van der Waals surface area contributed by atoms with Crippen LogP contribution in [0.15, 0.2) is 24.3 Å². The number of nitrogens with zero attached hydrogens (tertiary/aromatic N) is 1. The van der Waals surface area contributed by atoms with Gasteiger partial charge in [0.05, 0.1) is 7.11 Å². The molecule has 2 fully saturated rings. The molecule has 1 N–H and O–H groups in total. The van der Waals surface area contributed by atoms with Crippen molar-refractivity contribution in [2.75, 3.05) is 26.9 Å². The molecule has 6 nitrogen and oxygen atoms in total. The first-order chi connectivity index (χ1) is 12.0. The van der Waals surface area contributed by atoms with Crippen LogP contribution < -0.4 is 10.1 Å². The Morgan fingerprint density at radius 3 is 2.40 bits per heavy atom. The molecule has 3 rings (SSSR count). The quantitative estimate of drug-likeness (QED) is 0.831. The third-order valence-corrected chi connectivity index (χ3v) is 5.34. The molecular formula is C19H26N2O4. The minimum absolute atomic E-state index is 0.0769. The molecule has 136 valence electrons. The van der Waals surface area contributed by atoms with Gasteiger partial charge in [0.15, 0.2) is 0 Å². The van der Waals surface area contributed by atoms with E-state index < -0.39 is 6.04 Å². The summed E-state index contributed by atoms with van der Waals surface area (Å²) in [6, 6.07) is 7.19. The second-order valence-electron chi connectivity index (χ2n) is 7.22. The number of hydrogen-bond acceptors (Lipinski definition) is 4. The number of benzene rings is 1. The number of ether oxygens (including phenoxy) is 2. The molecule has 0 aromatic heterocycles.